The maximum absolute atomic E-state index is 12.5. The number of benzene rings is 2. The molecule has 6 heteroatoms. The lowest BCUT2D eigenvalue weighted by atomic mass is 10.0. The van der Waals surface area contributed by atoms with Crippen molar-refractivity contribution >= 4 is 40.7 Å². The van der Waals surface area contributed by atoms with E-state index < -0.39 is 5.92 Å². The van der Waals surface area contributed by atoms with Crippen molar-refractivity contribution in [3.63, 3.8) is 0 Å². The van der Waals surface area contributed by atoms with Gasteiger partial charge >= 0.3 is 0 Å². The minimum absolute atomic E-state index is 0.124. The largest absolute Gasteiger partial charge is 0.352 e. The molecule has 1 N–H and O–H groups in total. The number of rotatable bonds is 5. The third-order valence-corrected chi connectivity index (χ3v) is 5.64. The van der Waals surface area contributed by atoms with Crippen LogP contribution in [0, 0.1) is 5.92 Å². The first kappa shape index (κ1) is 19.7. The van der Waals surface area contributed by atoms with Crippen LogP contribution in [0.2, 0.25) is 10.0 Å². The Labute approximate surface area is 169 Å². The number of carbonyl (C=O) groups excluding carboxylic acids is 2. The van der Waals surface area contributed by atoms with Crippen molar-refractivity contribution < 1.29 is 9.59 Å². The first-order valence-electron chi connectivity index (χ1n) is 8.97. The molecule has 1 saturated heterocycles. The minimum Gasteiger partial charge on any atom is -0.352 e. The van der Waals surface area contributed by atoms with Gasteiger partial charge in [-0.25, -0.2) is 0 Å². The zero-order valence-corrected chi connectivity index (χ0v) is 16.8. The van der Waals surface area contributed by atoms with Gasteiger partial charge in [-0.3, -0.25) is 9.59 Å². The number of carbonyl (C=O) groups is 2. The highest BCUT2D eigenvalue weighted by Crippen LogP contribution is 2.35. The third-order valence-electron chi connectivity index (χ3n) is 4.83. The van der Waals surface area contributed by atoms with E-state index in [-0.39, 0.29) is 18.2 Å². The van der Waals surface area contributed by atoms with E-state index in [1.165, 1.54) is 10.5 Å². The van der Waals surface area contributed by atoms with E-state index in [1.54, 1.807) is 18.2 Å². The van der Waals surface area contributed by atoms with Crippen LogP contribution in [0.4, 0.5) is 5.69 Å². The van der Waals surface area contributed by atoms with E-state index in [1.807, 2.05) is 12.1 Å². The van der Waals surface area contributed by atoms with Gasteiger partial charge in [-0.1, -0.05) is 67.4 Å². The fraction of sp³-hybridized carbons (Fsp3) is 0.333. The van der Waals surface area contributed by atoms with Crippen LogP contribution < -0.4 is 10.2 Å². The number of halogens is 2. The maximum Gasteiger partial charge on any atom is 0.227 e. The molecule has 0 saturated carbocycles. The van der Waals surface area contributed by atoms with Crippen molar-refractivity contribution in [2.75, 3.05) is 11.4 Å². The molecule has 1 fully saturated rings. The second kappa shape index (κ2) is 8.32. The lowest BCUT2D eigenvalue weighted by Gasteiger charge is -2.18. The molecule has 0 bridgehead atoms. The molecule has 2 aromatic rings. The van der Waals surface area contributed by atoms with Crippen molar-refractivity contribution in [3.05, 3.63) is 63.6 Å². The molecule has 0 unspecified atom stereocenters. The summed E-state index contributed by atoms with van der Waals surface area (Å²) in [4.78, 5) is 26.4. The number of nitrogens with one attached hydrogen (secondary N) is 1. The van der Waals surface area contributed by atoms with Crippen molar-refractivity contribution in [1.82, 2.24) is 5.32 Å². The van der Waals surface area contributed by atoms with Crippen LogP contribution in [-0.4, -0.2) is 18.4 Å². The molecule has 1 atom stereocenters. The van der Waals surface area contributed by atoms with Gasteiger partial charge in [-0.05, 0) is 29.2 Å². The molecule has 1 aliphatic heterocycles. The second-order valence-electron chi connectivity index (χ2n) is 7.09. The Balaban J connectivity index is 1.61. The molecule has 1 aliphatic rings. The average Bonchev–Trinajstić information content (AvgIpc) is 3.04. The summed E-state index contributed by atoms with van der Waals surface area (Å²) >= 11 is 12.3. The fourth-order valence-corrected chi connectivity index (χ4v) is 3.57. The molecule has 2 amide bonds. The summed E-state index contributed by atoms with van der Waals surface area (Å²) in [5.41, 5.74) is 2.85. The fourth-order valence-electron chi connectivity index (χ4n) is 3.17. The summed E-state index contributed by atoms with van der Waals surface area (Å²) < 4.78 is 0. The molecule has 4 nitrogen and oxygen atoms in total. The van der Waals surface area contributed by atoms with Gasteiger partial charge in [0, 0.05) is 19.5 Å². The molecule has 142 valence electrons. The van der Waals surface area contributed by atoms with Gasteiger partial charge in [-0.15, -0.1) is 0 Å². The van der Waals surface area contributed by atoms with Crippen LogP contribution >= 0.6 is 23.2 Å². The van der Waals surface area contributed by atoms with Gasteiger partial charge in [0.05, 0.1) is 21.7 Å². The topological polar surface area (TPSA) is 49.4 Å². The second-order valence-corrected chi connectivity index (χ2v) is 7.88. The first-order valence-corrected chi connectivity index (χ1v) is 9.73. The minimum atomic E-state index is -0.400. The molecule has 0 aliphatic carbocycles. The number of hydrogen-bond donors (Lipinski definition) is 1. The Morgan fingerprint density at radius 3 is 2.56 bits per heavy atom. The van der Waals surface area contributed by atoms with Crippen LogP contribution in [0.25, 0.3) is 0 Å². The smallest absolute Gasteiger partial charge is 0.227 e. The molecule has 1 heterocycles. The predicted octanol–water partition coefficient (Wildman–Crippen LogP) is 4.79. The van der Waals surface area contributed by atoms with Crippen LogP contribution in [0.1, 0.15) is 37.3 Å². The summed E-state index contributed by atoms with van der Waals surface area (Å²) in [7, 11) is 0. The highest BCUT2D eigenvalue weighted by molar-refractivity contribution is 6.44. The van der Waals surface area contributed by atoms with E-state index in [0.29, 0.717) is 34.7 Å². The molecule has 27 heavy (non-hydrogen) atoms. The van der Waals surface area contributed by atoms with Gasteiger partial charge in [0.1, 0.15) is 0 Å². The standard InChI is InChI=1S/C21H22Cl2N2O2/c1-13(2)15-8-6-14(7-9-15)11-24-21(27)16-10-19(26)25(12-16)18-5-3-4-17(22)20(18)23/h3-9,13,16H,10-12H2,1-2H3,(H,24,27)/t16-/m0/s1. The average molecular weight is 405 g/mol. The Kier molecular flexibility index (Phi) is 6.08. The Bertz CT molecular complexity index is 850. The summed E-state index contributed by atoms with van der Waals surface area (Å²) in [5, 5.41) is 3.65. The lowest BCUT2D eigenvalue weighted by Crippen LogP contribution is -2.32. The predicted molar refractivity (Wildman–Crippen MR) is 109 cm³/mol. The van der Waals surface area contributed by atoms with Crippen molar-refractivity contribution in [2.45, 2.75) is 32.7 Å². The summed E-state index contributed by atoms with van der Waals surface area (Å²) in [5.74, 6) is -0.178. The quantitative estimate of drug-likeness (QED) is 0.778. The van der Waals surface area contributed by atoms with Crippen LogP contribution in [0.5, 0.6) is 0 Å². The summed E-state index contributed by atoms with van der Waals surface area (Å²) in [6, 6.07) is 13.3. The van der Waals surface area contributed by atoms with Crippen LogP contribution in [-0.2, 0) is 16.1 Å². The molecule has 3 rings (SSSR count). The molecule has 0 radical (unpaired) electrons. The Morgan fingerprint density at radius 1 is 1.19 bits per heavy atom. The number of nitrogens with zero attached hydrogens (tertiary/aromatic N) is 1. The molecular weight excluding hydrogens is 383 g/mol. The Morgan fingerprint density at radius 2 is 1.89 bits per heavy atom. The molecule has 0 aromatic heterocycles. The Hall–Kier alpha value is -2.04. The third kappa shape index (κ3) is 4.45. The van der Waals surface area contributed by atoms with Crippen molar-refractivity contribution in [2.24, 2.45) is 5.92 Å². The zero-order chi connectivity index (χ0) is 19.6. The van der Waals surface area contributed by atoms with E-state index in [2.05, 4.69) is 31.3 Å². The van der Waals surface area contributed by atoms with Gasteiger partial charge in [0.15, 0.2) is 0 Å². The number of anilines is 1. The monoisotopic (exact) mass is 404 g/mol. The summed E-state index contributed by atoms with van der Waals surface area (Å²) in [6.45, 7) is 5.04. The van der Waals surface area contributed by atoms with Crippen molar-refractivity contribution in [1.29, 1.82) is 0 Å². The maximum atomic E-state index is 12.5. The van der Waals surface area contributed by atoms with E-state index >= 15 is 0 Å². The van der Waals surface area contributed by atoms with Gasteiger partial charge in [0.2, 0.25) is 11.8 Å². The zero-order valence-electron chi connectivity index (χ0n) is 15.3. The molecule has 0 spiro atoms. The molecular formula is C21H22Cl2N2O2. The highest BCUT2D eigenvalue weighted by Gasteiger charge is 2.36. The lowest BCUT2D eigenvalue weighted by molar-refractivity contribution is -0.126. The van der Waals surface area contributed by atoms with E-state index in [9.17, 15) is 9.59 Å². The number of amides is 2. The van der Waals surface area contributed by atoms with Crippen LogP contribution in [0.3, 0.4) is 0 Å². The SMILES string of the molecule is CC(C)c1ccc(CNC(=O)[C@H]2CC(=O)N(c3cccc(Cl)c3Cl)C2)cc1. The van der Waals surface area contributed by atoms with Gasteiger partial charge in [0.25, 0.3) is 0 Å². The summed E-state index contributed by atoms with van der Waals surface area (Å²) in [6.07, 6.45) is 0.168. The first-order chi connectivity index (χ1) is 12.9. The van der Waals surface area contributed by atoms with Gasteiger partial charge < -0.3 is 10.2 Å². The normalized spacial score (nSPS) is 16.9. The molecule has 2 aromatic carbocycles. The van der Waals surface area contributed by atoms with E-state index in [0.717, 1.165) is 5.56 Å². The van der Waals surface area contributed by atoms with Gasteiger partial charge in [-0.2, -0.15) is 0 Å². The van der Waals surface area contributed by atoms with Crippen LogP contribution in [0.15, 0.2) is 42.5 Å². The van der Waals surface area contributed by atoms with Crippen molar-refractivity contribution in [3.8, 4) is 0 Å². The highest BCUT2D eigenvalue weighted by atomic mass is 35.5. The van der Waals surface area contributed by atoms with E-state index in [4.69, 9.17) is 23.2 Å². The number of hydrogen-bond acceptors (Lipinski definition) is 2.